The van der Waals surface area contributed by atoms with Crippen molar-refractivity contribution in [2.24, 2.45) is 11.8 Å². The molecular formula is C28H34N2O5. The minimum Gasteiger partial charge on any atom is -0.481 e. The molecule has 0 aromatic heterocycles. The highest BCUT2D eigenvalue weighted by Crippen LogP contribution is 2.44. The predicted octanol–water partition coefficient (Wildman–Crippen LogP) is 4.65. The summed E-state index contributed by atoms with van der Waals surface area (Å²) < 4.78 is 5.67. The molecule has 2 aromatic carbocycles. The summed E-state index contributed by atoms with van der Waals surface area (Å²) in [6.07, 6.45) is 0.533. The summed E-state index contributed by atoms with van der Waals surface area (Å²) in [5, 5.41) is 12.2. The van der Waals surface area contributed by atoms with Crippen molar-refractivity contribution in [2.45, 2.75) is 58.0 Å². The molecule has 2 aromatic rings. The quantitative estimate of drug-likeness (QED) is 0.604. The zero-order valence-electron chi connectivity index (χ0n) is 20.6. The number of ether oxygens (including phenoxy) is 1. The molecule has 2 amide bonds. The molecule has 1 aliphatic carbocycles. The van der Waals surface area contributed by atoms with E-state index in [9.17, 15) is 19.5 Å². The molecule has 186 valence electrons. The van der Waals surface area contributed by atoms with E-state index >= 15 is 0 Å². The van der Waals surface area contributed by atoms with Crippen molar-refractivity contribution in [2.75, 3.05) is 13.2 Å². The monoisotopic (exact) mass is 478 g/mol. The second-order valence-corrected chi connectivity index (χ2v) is 10.0. The summed E-state index contributed by atoms with van der Waals surface area (Å²) in [6, 6.07) is 15.8. The molecule has 4 rings (SSSR count). The van der Waals surface area contributed by atoms with Crippen LogP contribution in [0.1, 0.15) is 57.1 Å². The van der Waals surface area contributed by atoms with E-state index in [4.69, 9.17) is 4.74 Å². The van der Waals surface area contributed by atoms with E-state index < -0.39 is 18.0 Å². The van der Waals surface area contributed by atoms with Crippen LogP contribution in [-0.2, 0) is 14.3 Å². The van der Waals surface area contributed by atoms with E-state index in [0.29, 0.717) is 19.4 Å². The lowest BCUT2D eigenvalue weighted by atomic mass is 9.91. The van der Waals surface area contributed by atoms with Gasteiger partial charge in [-0.2, -0.15) is 0 Å². The molecule has 1 heterocycles. The lowest BCUT2D eigenvalue weighted by Gasteiger charge is -2.37. The smallest absolute Gasteiger partial charge is 0.407 e. The Bertz CT molecular complexity index is 1050. The number of likely N-dealkylation sites (tertiary alicyclic amines) is 1. The van der Waals surface area contributed by atoms with Crippen LogP contribution in [0.25, 0.3) is 11.1 Å². The van der Waals surface area contributed by atoms with Gasteiger partial charge in [0.1, 0.15) is 6.61 Å². The number of hydrogen-bond acceptors (Lipinski definition) is 4. The number of rotatable bonds is 7. The first kappa shape index (κ1) is 24.8. The van der Waals surface area contributed by atoms with E-state index in [1.807, 2.05) is 45.0 Å². The number of benzene rings is 2. The molecule has 3 atom stereocenters. The topological polar surface area (TPSA) is 95.9 Å². The number of alkyl carbamates (subject to hydrolysis) is 1. The summed E-state index contributed by atoms with van der Waals surface area (Å²) in [5.41, 5.74) is 4.64. The number of carbonyl (C=O) groups is 3. The first-order valence-corrected chi connectivity index (χ1v) is 12.4. The van der Waals surface area contributed by atoms with Gasteiger partial charge in [-0.05, 0) is 47.9 Å². The Morgan fingerprint density at radius 3 is 2.20 bits per heavy atom. The Kier molecular flexibility index (Phi) is 7.43. The van der Waals surface area contributed by atoms with Crippen molar-refractivity contribution in [3.05, 3.63) is 59.7 Å². The number of fused-ring (bicyclic) bond motifs is 3. The van der Waals surface area contributed by atoms with E-state index in [1.165, 1.54) is 11.1 Å². The van der Waals surface area contributed by atoms with Crippen molar-refractivity contribution in [3.63, 3.8) is 0 Å². The van der Waals surface area contributed by atoms with E-state index in [1.54, 1.807) is 4.90 Å². The SMILES string of the molecule is CC(C)[C@H](CC(=O)N1CC[C@H](C(=O)O)C[C@@H]1C)NC(=O)OCC1c2ccccc2-c2ccccc21. The molecule has 0 spiro atoms. The normalized spacial score (nSPS) is 20.2. The van der Waals surface area contributed by atoms with Crippen molar-refractivity contribution in [1.29, 1.82) is 0 Å². The lowest BCUT2D eigenvalue weighted by molar-refractivity contribution is -0.147. The van der Waals surface area contributed by atoms with Crippen LogP contribution in [0.2, 0.25) is 0 Å². The third-order valence-corrected chi connectivity index (χ3v) is 7.39. The number of carboxylic acid groups (broad SMARTS) is 1. The fourth-order valence-electron chi connectivity index (χ4n) is 5.32. The molecule has 1 saturated heterocycles. The summed E-state index contributed by atoms with van der Waals surface area (Å²) in [7, 11) is 0. The Morgan fingerprint density at radius 1 is 1.06 bits per heavy atom. The number of hydrogen-bond donors (Lipinski definition) is 2. The molecule has 0 unspecified atom stereocenters. The van der Waals surface area contributed by atoms with Gasteiger partial charge < -0.3 is 20.1 Å². The van der Waals surface area contributed by atoms with Gasteiger partial charge in [-0.15, -0.1) is 0 Å². The maximum Gasteiger partial charge on any atom is 0.407 e. The Labute approximate surface area is 206 Å². The number of carboxylic acids is 1. The van der Waals surface area contributed by atoms with Gasteiger partial charge >= 0.3 is 12.1 Å². The number of nitrogens with one attached hydrogen (secondary N) is 1. The second kappa shape index (κ2) is 10.5. The molecular weight excluding hydrogens is 444 g/mol. The highest BCUT2D eigenvalue weighted by atomic mass is 16.5. The Balaban J connectivity index is 1.35. The van der Waals surface area contributed by atoms with Crippen molar-refractivity contribution in [3.8, 4) is 11.1 Å². The minimum atomic E-state index is -0.805. The van der Waals surface area contributed by atoms with Crippen LogP contribution in [0.4, 0.5) is 4.79 Å². The van der Waals surface area contributed by atoms with Gasteiger partial charge in [-0.3, -0.25) is 9.59 Å². The fourth-order valence-corrected chi connectivity index (χ4v) is 5.32. The van der Waals surface area contributed by atoms with Crippen LogP contribution in [0.15, 0.2) is 48.5 Å². The van der Waals surface area contributed by atoms with Crippen LogP contribution in [0.3, 0.4) is 0 Å². The van der Waals surface area contributed by atoms with Gasteiger partial charge in [-0.1, -0.05) is 62.4 Å². The van der Waals surface area contributed by atoms with Crippen molar-refractivity contribution in [1.82, 2.24) is 10.2 Å². The average molecular weight is 479 g/mol. The van der Waals surface area contributed by atoms with E-state index in [2.05, 4.69) is 29.6 Å². The average Bonchev–Trinajstić information content (AvgIpc) is 3.15. The van der Waals surface area contributed by atoms with Gasteiger partial charge in [0, 0.05) is 31.0 Å². The molecule has 35 heavy (non-hydrogen) atoms. The Hall–Kier alpha value is -3.35. The van der Waals surface area contributed by atoms with Gasteiger partial charge in [0.05, 0.1) is 5.92 Å². The standard InChI is InChI=1S/C28H34N2O5/c1-17(2)25(15-26(31)30-13-12-19(27(32)33)14-18(30)3)29-28(34)35-16-24-22-10-6-4-8-20(22)21-9-5-7-11-23(21)24/h4-11,17-19,24-25H,12-16H2,1-3H3,(H,29,34)(H,32,33)/t18-,19-,25-/m0/s1. The molecule has 0 bridgehead atoms. The van der Waals surface area contributed by atoms with Crippen LogP contribution in [0.5, 0.6) is 0 Å². The molecule has 7 heteroatoms. The molecule has 1 fully saturated rings. The van der Waals surface area contributed by atoms with Gasteiger partial charge in [0.2, 0.25) is 5.91 Å². The van der Waals surface area contributed by atoms with E-state index in [0.717, 1.165) is 11.1 Å². The van der Waals surface area contributed by atoms with Crippen LogP contribution >= 0.6 is 0 Å². The van der Waals surface area contributed by atoms with Crippen molar-refractivity contribution < 1.29 is 24.2 Å². The Morgan fingerprint density at radius 2 is 1.66 bits per heavy atom. The first-order chi connectivity index (χ1) is 16.8. The summed E-state index contributed by atoms with van der Waals surface area (Å²) in [4.78, 5) is 38.8. The van der Waals surface area contributed by atoms with Gasteiger partial charge in [0.15, 0.2) is 0 Å². The van der Waals surface area contributed by atoms with Crippen molar-refractivity contribution >= 4 is 18.0 Å². The summed E-state index contributed by atoms with van der Waals surface area (Å²) >= 11 is 0. The largest absolute Gasteiger partial charge is 0.481 e. The predicted molar refractivity (Wildman–Crippen MR) is 133 cm³/mol. The molecule has 0 radical (unpaired) electrons. The zero-order chi connectivity index (χ0) is 25.1. The number of amides is 2. The molecule has 1 aliphatic heterocycles. The number of aliphatic carboxylic acids is 1. The maximum absolute atomic E-state index is 13.0. The highest BCUT2D eigenvalue weighted by molar-refractivity contribution is 5.80. The van der Waals surface area contributed by atoms with Gasteiger partial charge in [-0.25, -0.2) is 4.79 Å². The zero-order valence-corrected chi connectivity index (χ0v) is 20.6. The maximum atomic E-state index is 13.0. The number of nitrogens with zero attached hydrogens (tertiary/aromatic N) is 1. The lowest BCUT2D eigenvalue weighted by Crippen LogP contribution is -2.49. The third-order valence-electron chi connectivity index (χ3n) is 7.39. The second-order valence-electron chi connectivity index (χ2n) is 10.0. The van der Waals surface area contributed by atoms with Gasteiger partial charge in [0.25, 0.3) is 0 Å². The molecule has 0 saturated carbocycles. The first-order valence-electron chi connectivity index (χ1n) is 12.4. The van der Waals surface area contributed by atoms with Crippen LogP contribution < -0.4 is 5.32 Å². The fraction of sp³-hybridized carbons (Fsp3) is 0.464. The summed E-state index contributed by atoms with van der Waals surface area (Å²) in [6.45, 7) is 6.45. The number of piperidine rings is 1. The molecule has 7 nitrogen and oxygen atoms in total. The van der Waals surface area contributed by atoms with E-state index in [-0.39, 0.29) is 42.9 Å². The molecule has 2 aliphatic rings. The van der Waals surface area contributed by atoms with Crippen LogP contribution in [-0.4, -0.2) is 53.2 Å². The highest BCUT2D eigenvalue weighted by Gasteiger charge is 2.34. The van der Waals surface area contributed by atoms with Crippen LogP contribution in [0, 0.1) is 11.8 Å². The minimum absolute atomic E-state index is 0.0244. The number of carbonyl (C=O) groups excluding carboxylic acids is 2. The molecule has 2 N–H and O–H groups in total. The summed E-state index contributed by atoms with van der Waals surface area (Å²) in [5.74, 6) is -1.27. The third kappa shape index (κ3) is 5.34.